The van der Waals surface area contributed by atoms with Gasteiger partial charge in [0.25, 0.3) is 10.0 Å². The summed E-state index contributed by atoms with van der Waals surface area (Å²) in [5, 5.41) is 2.50. The van der Waals surface area contributed by atoms with Gasteiger partial charge in [-0.25, -0.2) is 26.9 Å². The second kappa shape index (κ2) is 5.03. The van der Waals surface area contributed by atoms with E-state index in [9.17, 15) is 17.6 Å². The number of aromatic nitrogens is 1. The summed E-state index contributed by atoms with van der Waals surface area (Å²) >= 11 is 0. The number of para-hydroxylation sites is 2. The minimum Gasteiger partial charge on any atom is -0.439 e. The SMILES string of the molecule is O=C1Nc2ccccc2S(=O)(=O)N1Cc1nc2c(F)cccc2o1. The van der Waals surface area contributed by atoms with Crippen molar-refractivity contribution in [3.63, 3.8) is 0 Å². The van der Waals surface area contributed by atoms with Gasteiger partial charge >= 0.3 is 6.03 Å². The normalized spacial score (nSPS) is 16.0. The van der Waals surface area contributed by atoms with Crippen LogP contribution in [0.2, 0.25) is 0 Å². The molecule has 4 rings (SSSR count). The number of carbonyl (C=O) groups excluding carboxylic acids is 1. The van der Waals surface area contributed by atoms with Crippen LogP contribution in [-0.2, 0) is 16.6 Å². The van der Waals surface area contributed by atoms with E-state index >= 15 is 0 Å². The predicted octanol–water partition coefficient (Wildman–Crippen LogP) is 2.70. The number of nitrogens with zero attached hydrogens (tertiary/aromatic N) is 2. The van der Waals surface area contributed by atoms with Crippen molar-refractivity contribution in [3.8, 4) is 0 Å². The zero-order valence-electron chi connectivity index (χ0n) is 12.1. The minimum absolute atomic E-state index is 0.0114. The Labute approximate surface area is 135 Å². The maximum Gasteiger partial charge on any atom is 0.336 e. The third-order valence-corrected chi connectivity index (χ3v) is 5.40. The lowest BCUT2D eigenvalue weighted by Gasteiger charge is -2.27. The molecule has 122 valence electrons. The molecule has 7 nitrogen and oxygen atoms in total. The van der Waals surface area contributed by atoms with Crippen LogP contribution in [0.25, 0.3) is 11.1 Å². The number of anilines is 1. The van der Waals surface area contributed by atoms with Crippen LogP contribution in [-0.4, -0.2) is 23.7 Å². The topological polar surface area (TPSA) is 92.5 Å². The molecule has 1 aliphatic rings. The first-order valence-electron chi connectivity index (χ1n) is 6.93. The van der Waals surface area contributed by atoms with E-state index in [0.29, 0.717) is 4.31 Å². The largest absolute Gasteiger partial charge is 0.439 e. The molecule has 1 N–H and O–H groups in total. The Kier molecular flexibility index (Phi) is 3.07. The van der Waals surface area contributed by atoms with Crippen molar-refractivity contribution in [1.82, 2.24) is 9.29 Å². The predicted molar refractivity (Wildman–Crippen MR) is 82.2 cm³/mol. The highest BCUT2D eigenvalue weighted by molar-refractivity contribution is 7.90. The number of halogens is 1. The maximum absolute atomic E-state index is 13.7. The summed E-state index contributed by atoms with van der Waals surface area (Å²) in [6.45, 7) is -0.434. The molecule has 0 bridgehead atoms. The van der Waals surface area contributed by atoms with Crippen molar-refractivity contribution in [2.75, 3.05) is 5.32 Å². The molecule has 0 unspecified atom stereocenters. The quantitative estimate of drug-likeness (QED) is 0.769. The van der Waals surface area contributed by atoms with Crippen molar-refractivity contribution in [1.29, 1.82) is 0 Å². The summed E-state index contributed by atoms with van der Waals surface area (Å²) < 4.78 is 44.9. The van der Waals surface area contributed by atoms with Crippen LogP contribution in [0.5, 0.6) is 0 Å². The number of nitrogens with one attached hydrogen (secondary N) is 1. The average Bonchev–Trinajstić information content (AvgIpc) is 2.96. The van der Waals surface area contributed by atoms with Gasteiger partial charge in [-0.15, -0.1) is 0 Å². The van der Waals surface area contributed by atoms with Crippen molar-refractivity contribution in [2.45, 2.75) is 11.4 Å². The van der Waals surface area contributed by atoms with Gasteiger partial charge in [-0.2, -0.15) is 0 Å². The van der Waals surface area contributed by atoms with E-state index in [1.54, 1.807) is 12.1 Å². The van der Waals surface area contributed by atoms with E-state index in [2.05, 4.69) is 10.3 Å². The molecule has 0 radical (unpaired) electrons. The number of hydrogen-bond donors (Lipinski definition) is 1. The summed E-state index contributed by atoms with van der Waals surface area (Å²) in [7, 11) is -4.05. The zero-order chi connectivity index (χ0) is 16.9. The molecule has 0 aliphatic carbocycles. The van der Waals surface area contributed by atoms with Gasteiger partial charge in [0.05, 0.1) is 5.69 Å². The van der Waals surface area contributed by atoms with Crippen LogP contribution in [0.1, 0.15) is 5.89 Å². The fourth-order valence-corrected chi connectivity index (χ4v) is 3.94. The molecule has 2 amide bonds. The number of sulfonamides is 1. The number of hydrogen-bond acceptors (Lipinski definition) is 5. The molecule has 0 saturated carbocycles. The Morgan fingerprint density at radius 1 is 1.17 bits per heavy atom. The number of benzene rings is 2. The number of urea groups is 1. The lowest BCUT2D eigenvalue weighted by Crippen LogP contribution is -2.43. The lowest BCUT2D eigenvalue weighted by atomic mass is 10.3. The van der Waals surface area contributed by atoms with Gasteiger partial charge in [0.15, 0.2) is 11.4 Å². The highest BCUT2D eigenvalue weighted by atomic mass is 32.2. The number of oxazole rings is 1. The Morgan fingerprint density at radius 2 is 1.96 bits per heavy atom. The second-order valence-corrected chi connectivity index (χ2v) is 6.96. The first-order chi connectivity index (χ1) is 11.5. The third-order valence-electron chi connectivity index (χ3n) is 3.62. The van der Waals surface area contributed by atoms with Gasteiger partial charge in [0, 0.05) is 0 Å². The number of carbonyl (C=O) groups is 1. The molecule has 0 spiro atoms. The van der Waals surface area contributed by atoms with Crippen LogP contribution >= 0.6 is 0 Å². The Hall–Kier alpha value is -2.94. The van der Waals surface area contributed by atoms with Crippen molar-refractivity contribution >= 4 is 32.8 Å². The zero-order valence-corrected chi connectivity index (χ0v) is 12.9. The van der Waals surface area contributed by atoms with Crippen molar-refractivity contribution < 1.29 is 22.0 Å². The van der Waals surface area contributed by atoms with Gasteiger partial charge < -0.3 is 9.73 Å². The monoisotopic (exact) mass is 347 g/mol. The van der Waals surface area contributed by atoms with E-state index in [-0.39, 0.29) is 27.6 Å². The van der Waals surface area contributed by atoms with E-state index in [1.165, 1.54) is 30.3 Å². The standard InChI is InChI=1S/C15H10FN3O4S/c16-9-4-3-6-11-14(9)18-13(23-11)8-19-15(20)17-10-5-1-2-7-12(10)24(19,21)22/h1-7H,8H2,(H,17,20). The summed E-state index contributed by atoms with van der Waals surface area (Å²) in [5.41, 5.74) is 0.380. The maximum atomic E-state index is 13.7. The lowest BCUT2D eigenvalue weighted by molar-refractivity contribution is 0.230. The minimum atomic E-state index is -4.05. The van der Waals surface area contributed by atoms with Gasteiger partial charge in [0.1, 0.15) is 17.0 Å². The van der Waals surface area contributed by atoms with Crippen LogP contribution in [0.3, 0.4) is 0 Å². The highest BCUT2D eigenvalue weighted by Gasteiger charge is 2.37. The summed E-state index contributed by atoms with van der Waals surface area (Å²) in [5.74, 6) is -0.660. The average molecular weight is 347 g/mol. The van der Waals surface area contributed by atoms with Gasteiger partial charge in [-0.1, -0.05) is 18.2 Å². The van der Waals surface area contributed by atoms with E-state index in [0.717, 1.165) is 0 Å². The first kappa shape index (κ1) is 14.6. The van der Waals surface area contributed by atoms with Crippen molar-refractivity contribution in [2.24, 2.45) is 0 Å². The molecule has 2 heterocycles. The van der Waals surface area contributed by atoms with Crippen LogP contribution < -0.4 is 5.32 Å². The van der Waals surface area contributed by atoms with Gasteiger partial charge in [-0.05, 0) is 24.3 Å². The van der Waals surface area contributed by atoms with Crippen molar-refractivity contribution in [3.05, 3.63) is 54.2 Å². The third kappa shape index (κ3) is 2.13. The molecule has 3 aromatic rings. The summed E-state index contributed by atoms with van der Waals surface area (Å²) in [4.78, 5) is 16.1. The fourth-order valence-electron chi connectivity index (χ4n) is 2.51. The van der Waals surface area contributed by atoms with Gasteiger partial charge in [-0.3, -0.25) is 0 Å². The summed E-state index contributed by atoms with van der Waals surface area (Å²) in [6, 6.07) is 9.42. The van der Waals surface area contributed by atoms with E-state index < -0.39 is 28.4 Å². The molecule has 9 heteroatoms. The Bertz CT molecular complexity index is 1080. The van der Waals surface area contributed by atoms with Crippen LogP contribution in [0.4, 0.5) is 14.9 Å². The molecule has 0 fully saturated rings. The smallest absolute Gasteiger partial charge is 0.336 e. The van der Waals surface area contributed by atoms with Crippen LogP contribution in [0.15, 0.2) is 51.8 Å². The van der Waals surface area contributed by atoms with Crippen LogP contribution in [0, 0.1) is 5.82 Å². The number of rotatable bonds is 2. The first-order valence-corrected chi connectivity index (χ1v) is 8.37. The molecule has 24 heavy (non-hydrogen) atoms. The van der Waals surface area contributed by atoms with E-state index in [4.69, 9.17) is 4.42 Å². The molecule has 0 atom stereocenters. The Balaban J connectivity index is 1.76. The van der Waals surface area contributed by atoms with E-state index in [1.807, 2.05) is 0 Å². The number of amides is 2. The summed E-state index contributed by atoms with van der Waals surface area (Å²) in [6.07, 6.45) is 0. The number of fused-ring (bicyclic) bond motifs is 2. The Morgan fingerprint density at radius 3 is 2.75 bits per heavy atom. The second-order valence-electron chi connectivity index (χ2n) is 5.13. The molecular formula is C15H10FN3O4S. The molecule has 1 aromatic heterocycles. The molecule has 2 aromatic carbocycles. The highest BCUT2D eigenvalue weighted by Crippen LogP contribution is 2.31. The molecular weight excluding hydrogens is 337 g/mol. The fraction of sp³-hybridized carbons (Fsp3) is 0.0667. The molecule has 1 aliphatic heterocycles. The molecule has 0 saturated heterocycles. The van der Waals surface area contributed by atoms with Gasteiger partial charge in [0.2, 0.25) is 5.89 Å².